The molecular formula is C14H14ClNO2. The van der Waals surface area contributed by atoms with E-state index in [1.54, 1.807) is 24.3 Å². The Balaban J connectivity index is 2.18. The number of carbonyl (C=O) groups excluding carboxylic acids is 1. The molecule has 1 aromatic carbocycles. The number of rotatable bonds is 3. The van der Waals surface area contributed by atoms with Crippen molar-refractivity contribution in [1.82, 2.24) is 0 Å². The number of ether oxygens (including phenoxy) is 1. The minimum atomic E-state index is -0.716. The lowest BCUT2D eigenvalue weighted by Crippen LogP contribution is -2.27. The van der Waals surface area contributed by atoms with Crippen LogP contribution in [0.2, 0.25) is 5.02 Å². The minimum Gasteiger partial charge on any atom is -0.381 e. The van der Waals surface area contributed by atoms with Crippen LogP contribution in [0.5, 0.6) is 0 Å². The van der Waals surface area contributed by atoms with Crippen molar-refractivity contribution in [3.8, 4) is 6.07 Å². The van der Waals surface area contributed by atoms with E-state index in [1.807, 2.05) is 0 Å². The highest BCUT2D eigenvalue weighted by molar-refractivity contribution is 6.30. The molecule has 1 aromatic rings. The average molecular weight is 264 g/mol. The molecule has 1 saturated heterocycles. The Labute approximate surface area is 111 Å². The monoisotopic (exact) mass is 263 g/mol. The Bertz CT molecular complexity index is 475. The van der Waals surface area contributed by atoms with Gasteiger partial charge in [0.2, 0.25) is 0 Å². The second-order valence-electron chi connectivity index (χ2n) is 4.41. The van der Waals surface area contributed by atoms with E-state index in [2.05, 4.69) is 6.07 Å². The van der Waals surface area contributed by atoms with Crippen molar-refractivity contribution in [3.05, 3.63) is 34.9 Å². The first kappa shape index (κ1) is 13.1. The topological polar surface area (TPSA) is 50.1 Å². The number of nitriles is 1. The van der Waals surface area contributed by atoms with Crippen LogP contribution in [0.3, 0.4) is 0 Å². The Morgan fingerprint density at radius 1 is 1.44 bits per heavy atom. The highest BCUT2D eigenvalue weighted by Gasteiger charge is 2.29. The van der Waals surface area contributed by atoms with E-state index >= 15 is 0 Å². The maximum atomic E-state index is 12.3. The van der Waals surface area contributed by atoms with Gasteiger partial charge in [0.1, 0.15) is 5.92 Å². The second-order valence-corrected chi connectivity index (χ2v) is 4.84. The Kier molecular flexibility index (Phi) is 4.35. The summed E-state index contributed by atoms with van der Waals surface area (Å²) in [5.74, 6) is -0.794. The van der Waals surface area contributed by atoms with Crippen LogP contribution in [0.25, 0.3) is 0 Å². The molecule has 0 aliphatic carbocycles. The SMILES string of the molecule is N#CC(C(=O)C1CCOCC1)c1cccc(Cl)c1. The van der Waals surface area contributed by atoms with E-state index in [-0.39, 0.29) is 11.7 Å². The zero-order chi connectivity index (χ0) is 13.0. The molecule has 0 saturated carbocycles. The molecular weight excluding hydrogens is 250 g/mol. The van der Waals surface area contributed by atoms with Crippen molar-refractivity contribution >= 4 is 17.4 Å². The molecule has 3 nitrogen and oxygen atoms in total. The number of hydrogen-bond donors (Lipinski definition) is 0. The molecule has 0 spiro atoms. The fraction of sp³-hybridized carbons (Fsp3) is 0.429. The van der Waals surface area contributed by atoms with Gasteiger partial charge in [-0.25, -0.2) is 0 Å². The van der Waals surface area contributed by atoms with Gasteiger partial charge in [-0.15, -0.1) is 0 Å². The van der Waals surface area contributed by atoms with Crippen LogP contribution < -0.4 is 0 Å². The smallest absolute Gasteiger partial charge is 0.157 e. The molecule has 18 heavy (non-hydrogen) atoms. The third-order valence-corrected chi connectivity index (χ3v) is 3.45. The van der Waals surface area contributed by atoms with Gasteiger partial charge in [-0.3, -0.25) is 4.79 Å². The fourth-order valence-corrected chi connectivity index (χ4v) is 2.41. The number of carbonyl (C=O) groups is 1. The number of hydrogen-bond acceptors (Lipinski definition) is 3. The number of Topliss-reactive ketones (excluding diaryl/α,β-unsaturated/α-hetero) is 1. The van der Waals surface area contributed by atoms with Gasteiger partial charge in [0, 0.05) is 24.2 Å². The zero-order valence-corrected chi connectivity index (χ0v) is 10.7. The summed E-state index contributed by atoms with van der Waals surface area (Å²) in [6.45, 7) is 1.20. The maximum absolute atomic E-state index is 12.3. The lowest BCUT2D eigenvalue weighted by molar-refractivity contribution is -0.126. The number of nitrogens with zero attached hydrogens (tertiary/aromatic N) is 1. The highest BCUT2D eigenvalue weighted by Crippen LogP contribution is 2.27. The molecule has 2 rings (SSSR count). The Hall–Kier alpha value is -1.37. The first-order valence-corrected chi connectivity index (χ1v) is 6.36. The van der Waals surface area contributed by atoms with Crippen LogP contribution in [-0.2, 0) is 9.53 Å². The van der Waals surface area contributed by atoms with Crippen LogP contribution in [0.15, 0.2) is 24.3 Å². The van der Waals surface area contributed by atoms with Gasteiger partial charge in [-0.05, 0) is 30.5 Å². The molecule has 1 aliphatic heterocycles. The normalized spacial score (nSPS) is 18.0. The van der Waals surface area contributed by atoms with Crippen molar-refractivity contribution < 1.29 is 9.53 Å². The molecule has 1 aliphatic rings. The quantitative estimate of drug-likeness (QED) is 0.842. The number of ketones is 1. The third kappa shape index (κ3) is 2.90. The first-order chi connectivity index (χ1) is 8.72. The van der Waals surface area contributed by atoms with Gasteiger partial charge in [0.25, 0.3) is 0 Å². The first-order valence-electron chi connectivity index (χ1n) is 5.99. The molecule has 0 bridgehead atoms. The highest BCUT2D eigenvalue weighted by atomic mass is 35.5. The summed E-state index contributed by atoms with van der Waals surface area (Å²) >= 11 is 5.90. The lowest BCUT2D eigenvalue weighted by atomic mass is 9.84. The van der Waals surface area contributed by atoms with Gasteiger partial charge in [-0.2, -0.15) is 5.26 Å². The summed E-state index contributed by atoms with van der Waals surface area (Å²) in [7, 11) is 0. The fourth-order valence-electron chi connectivity index (χ4n) is 2.21. The van der Waals surface area contributed by atoms with Gasteiger partial charge < -0.3 is 4.74 Å². The van der Waals surface area contributed by atoms with E-state index in [4.69, 9.17) is 16.3 Å². The van der Waals surface area contributed by atoms with Crippen molar-refractivity contribution in [3.63, 3.8) is 0 Å². The zero-order valence-electron chi connectivity index (χ0n) is 9.93. The average Bonchev–Trinajstić information content (AvgIpc) is 2.40. The summed E-state index contributed by atoms with van der Waals surface area (Å²) in [4.78, 5) is 12.3. The molecule has 4 heteroatoms. The molecule has 0 aromatic heterocycles. The van der Waals surface area contributed by atoms with E-state index in [1.165, 1.54) is 0 Å². The maximum Gasteiger partial charge on any atom is 0.157 e. The molecule has 1 atom stereocenters. The number of halogens is 1. The molecule has 1 heterocycles. The van der Waals surface area contributed by atoms with Crippen molar-refractivity contribution in [2.24, 2.45) is 5.92 Å². The van der Waals surface area contributed by atoms with Crippen LogP contribution in [0.1, 0.15) is 24.3 Å². The predicted octanol–water partition coefficient (Wildman–Crippen LogP) is 2.94. The van der Waals surface area contributed by atoms with E-state index < -0.39 is 5.92 Å². The lowest BCUT2D eigenvalue weighted by Gasteiger charge is -2.22. The van der Waals surface area contributed by atoms with Gasteiger partial charge in [-0.1, -0.05) is 23.7 Å². The van der Waals surface area contributed by atoms with E-state index in [0.29, 0.717) is 36.6 Å². The van der Waals surface area contributed by atoms with Crippen LogP contribution >= 0.6 is 11.6 Å². The molecule has 1 unspecified atom stereocenters. The van der Waals surface area contributed by atoms with E-state index in [0.717, 1.165) is 0 Å². The van der Waals surface area contributed by atoms with Gasteiger partial charge >= 0.3 is 0 Å². The summed E-state index contributed by atoms with van der Waals surface area (Å²) in [5, 5.41) is 9.77. The van der Waals surface area contributed by atoms with Crippen LogP contribution in [0.4, 0.5) is 0 Å². The molecule has 0 N–H and O–H groups in total. The molecule has 0 radical (unpaired) electrons. The summed E-state index contributed by atoms with van der Waals surface area (Å²) < 4.78 is 5.23. The molecule has 94 valence electrons. The number of benzene rings is 1. The Morgan fingerprint density at radius 3 is 2.78 bits per heavy atom. The molecule has 0 amide bonds. The predicted molar refractivity (Wildman–Crippen MR) is 68.4 cm³/mol. The summed E-state index contributed by atoms with van der Waals surface area (Å²) in [6, 6.07) is 9.05. The van der Waals surface area contributed by atoms with Gasteiger partial charge in [0.15, 0.2) is 5.78 Å². The standard InChI is InChI=1S/C14H14ClNO2/c15-12-3-1-2-11(8-12)13(9-16)14(17)10-4-6-18-7-5-10/h1-3,8,10,13H,4-7H2. The summed E-state index contributed by atoms with van der Waals surface area (Å²) in [5.41, 5.74) is 0.682. The summed E-state index contributed by atoms with van der Waals surface area (Å²) in [6.07, 6.45) is 1.41. The van der Waals surface area contributed by atoms with E-state index in [9.17, 15) is 10.1 Å². The van der Waals surface area contributed by atoms with Crippen LogP contribution in [0, 0.1) is 17.2 Å². The van der Waals surface area contributed by atoms with Crippen LogP contribution in [-0.4, -0.2) is 19.0 Å². The Morgan fingerprint density at radius 2 is 2.17 bits per heavy atom. The van der Waals surface area contributed by atoms with Gasteiger partial charge in [0.05, 0.1) is 6.07 Å². The second kappa shape index (κ2) is 5.99. The third-order valence-electron chi connectivity index (χ3n) is 3.22. The minimum absolute atomic E-state index is 0.0110. The largest absolute Gasteiger partial charge is 0.381 e. The van der Waals surface area contributed by atoms with Crippen molar-refractivity contribution in [1.29, 1.82) is 5.26 Å². The van der Waals surface area contributed by atoms with Crippen molar-refractivity contribution in [2.75, 3.05) is 13.2 Å². The van der Waals surface area contributed by atoms with Crippen molar-refractivity contribution in [2.45, 2.75) is 18.8 Å². The molecule has 1 fully saturated rings.